The van der Waals surface area contributed by atoms with Crippen molar-refractivity contribution in [2.75, 3.05) is 0 Å². The van der Waals surface area contributed by atoms with Crippen molar-refractivity contribution in [3.8, 4) is 45.5 Å². The number of hydrogen-bond donors (Lipinski definition) is 1. The predicted molar refractivity (Wildman–Crippen MR) is 137 cm³/mol. The number of fused-ring (bicyclic) bond motifs is 1. The number of phenolic OH excluding ortho intramolecular Hbond substituents is 1. The van der Waals surface area contributed by atoms with Gasteiger partial charge in [0.05, 0.1) is 17.0 Å². The number of imidazole rings is 1. The van der Waals surface area contributed by atoms with Gasteiger partial charge >= 0.3 is 0 Å². The third-order valence-electron chi connectivity index (χ3n) is 5.94. The molecule has 0 atom stereocenters. The van der Waals surface area contributed by atoms with Crippen molar-refractivity contribution >= 4 is 10.8 Å². The minimum atomic E-state index is 0.188. The Hall–Kier alpha value is -4.70. The maximum atomic E-state index is 10.6. The highest BCUT2D eigenvalue weighted by Crippen LogP contribution is 2.35. The van der Waals surface area contributed by atoms with E-state index >= 15 is 0 Å². The Morgan fingerprint density at radius 3 is 2.09 bits per heavy atom. The van der Waals surface area contributed by atoms with Crippen LogP contribution in [0.4, 0.5) is 0 Å². The normalized spacial score (nSPS) is 11.1. The van der Waals surface area contributed by atoms with Crippen LogP contribution in [0, 0.1) is 0 Å². The van der Waals surface area contributed by atoms with Gasteiger partial charge in [-0.15, -0.1) is 0 Å². The number of hydrogen-bond acceptors (Lipinski definition) is 3. The number of pyridine rings is 1. The predicted octanol–water partition coefficient (Wildman–Crippen LogP) is 7.13. The van der Waals surface area contributed by atoms with Gasteiger partial charge in [-0.2, -0.15) is 0 Å². The van der Waals surface area contributed by atoms with Gasteiger partial charge in [0, 0.05) is 22.8 Å². The van der Waals surface area contributed by atoms with Gasteiger partial charge in [-0.3, -0.25) is 4.57 Å². The minimum absolute atomic E-state index is 0.188. The Morgan fingerprint density at radius 2 is 1.29 bits per heavy atom. The van der Waals surface area contributed by atoms with Crippen LogP contribution in [0.1, 0.15) is 0 Å². The van der Waals surface area contributed by atoms with Crippen LogP contribution < -0.4 is 0 Å². The molecule has 34 heavy (non-hydrogen) atoms. The summed E-state index contributed by atoms with van der Waals surface area (Å²) in [6, 6.07) is 37.8. The first kappa shape index (κ1) is 19.9. The van der Waals surface area contributed by atoms with Crippen molar-refractivity contribution < 1.29 is 5.11 Å². The lowest BCUT2D eigenvalue weighted by molar-refractivity contribution is 0.477. The summed E-state index contributed by atoms with van der Waals surface area (Å²) in [6.07, 6.45) is 2.00. The van der Waals surface area contributed by atoms with Crippen LogP contribution in [-0.4, -0.2) is 19.6 Å². The third-order valence-corrected chi connectivity index (χ3v) is 5.94. The zero-order valence-corrected chi connectivity index (χ0v) is 18.3. The molecule has 0 spiro atoms. The van der Waals surface area contributed by atoms with E-state index in [1.54, 1.807) is 6.07 Å². The number of para-hydroxylation sites is 2. The number of benzene rings is 4. The van der Waals surface area contributed by atoms with Crippen molar-refractivity contribution in [1.29, 1.82) is 0 Å². The molecule has 0 radical (unpaired) electrons. The fourth-order valence-electron chi connectivity index (χ4n) is 4.28. The molecule has 162 valence electrons. The summed E-state index contributed by atoms with van der Waals surface area (Å²) in [6.45, 7) is 0. The zero-order chi connectivity index (χ0) is 22.9. The van der Waals surface area contributed by atoms with Crippen LogP contribution in [0.25, 0.3) is 50.5 Å². The van der Waals surface area contributed by atoms with E-state index in [-0.39, 0.29) is 5.75 Å². The van der Waals surface area contributed by atoms with Gasteiger partial charge < -0.3 is 5.11 Å². The highest BCUT2D eigenvalue weighted by Gasteiger charge is 2.18. The number of phenols is 1. The summed E-state index contributed by atoms with van der Waals surface area (Å²) in [5.41, 5.74) is 5.13. The average molecular weight is 440 g/mol. The van der Waals surface area contributed by atoms with E-state index in [9.17, 15) is 5.11 Å². The number of rotatable bonds is 4. The van der Waals surface area contributed by atoms with E-state index in [0.29, 0.717) is 11.4 Å². The average Bonchev–Trinajstić information content (AvgIpc) is 3.34. The Labute approximate surface area is 197 Å². The number of aromatic nitrogens is 3. The Kier molecular flexibility index (Phi) is 4.89. The van der Waals surface area contributed by atoms with E-state index in [0.717, 1.165) is 39.1 Å². The molecule has 0 saturated carbocycles. The molecule has 6 rings (SSSR count). The van der Waals surface area contributed by atoms with Crippen LogP contribution >= 0.6 is 0 Å². The summed E-state index contributed by atoms with van der Waals surface area (Å²) in [5, 5.41) is 12.7. The lowest BCUT2D eigenvalue weighted by Crippen LogP contribution is -1.95. The monoisotopic (exact) mass is 439 g/mol. The van der Waals surface area contributed by atoms with Gasteiger partial charge in [0.1, 0.15) is 17.3 Å². The van der Waals surface area contributed by atoms with E-state index in [1.165, 1.54) is 0 Å². The highest BCUT2D eigenvalue weighted by atomic mass is 16.3. The molecule has 4 nitrogen and oxygen atoms in total. The van der Waals surface area contributed by atoms with E-state index in [2.05, 4.69) is 30.3 Å². The van der Waals surface area contributed by atoms with Crippen LogP contribution in [0.5, 0.6) is 5.75 Å². The fourth-order valence-corrected chi connectivity index (χ4v) is 4.28. The van der Waals surface area contributed by atoms with Crippen LogP contribution in [0.15, 0.2) is 121 Å². The minimum Gasteiger partial charge on any atom is -0.507 e. The Morgan fingerprint density at radius 1 is 0.618 bits per heavy atom. The smallest absolute Gasteiger partial charge is 0.149 e. The standard InChI is InChI=1S/C30H21N3O/c34-28-18-10-9-17-25(28)30-32-27(20-33(30)23-14-5-2-6-15-23)29-24-16-8-7-13-22(24)19-26(31-29)21-11-3-1-4-12-21/h1-20,34H. The van der Waals surface area contributed by atoms with E-state index < -0.39 is 0 Å². The van der Waals surface area contributed by atoms with Crippen molar-refractivity contribution in [2.24, 2.45) is 0 Å². The molecule has 0 unspecified atom stereocenters. The molecule has 2 aromatic heterocycles. The van der Waals surface area contributed by atoms with Crippen LogP contribution in [0.3, 0.4) is 0 Å². The molecule has 1 N–H and O–H groups in total. The largest absolute Gasteiger partial charge is 0.507 e. The quantitative estimate of drug-likeness (QED) is 0.318. The fraction of sp³-hybridized carbons (Fsp3) is 0. The van der Waals surface area contributed by atoms with Gasteiger partial charge in [-0.1, -0.05) is 84.9 Å². The van der Waals surface area contributed by atoms with Gasteiger partial charge in [0.25, 0.3) is 0 Å². The molecule has 0 bridgehead atoms. The lowest BCUT2D eigenvalue weighted by Gasteiger charge is -2.08. The Balaban J connectivity index is 1.63. The van der Waals surface area contributed by atoms with Crippen LogP contribution in [0.2, 0.25) is 0 Å². The molecule has 4 heteroatoms. The molecule has 0 aliphatic carbocycles. The molecule has 0 aliphatic heterocycles. The zero-order valence-electron chi connectivity index (χ0n) is 18.3. The maximum absolute atomic E-state index is 10.6. The molecular formula is C30H21N3O. The summed E-state index contributed by atoms with van der Waals surface area (Å²) in [5.74, 6) is 0.850. The Bertz CT molecular complexity index is 1610. The second kappa shape index (κ2) is 8.34. The van der Waals surface area contributed by atoms with Crippen LogP contribution in [-0.2, 0) is 0 Å². The first-order chi connectivity index (χ1) is 16.8. The molecule has 0 aliphatic rings. The van der Waals surface area contributed by atoms with Crippen molar-refractivity contribution in [2.45, 2.75) is 0 Å². The molecule has 6 aromatic rings. The first-order valence-electron chi connectivity index (χ1n) is 11.2. The lowest BCUT2D eigenvalue weighted by atomic mass is 10.0. The topological polar surface area (TPSA) is 50.9 Å². The van der Waals surface area contributed by atoms with E-state index in [1.807, 2.05) is 89.6 Å². The maximum Gasteiger partial charge on any atom is 0.149 e. The van der Waals surface area contributed by atoms with E-state index in [4.69, 9.17) is 9.97 Å². The number of nitrogens with zero attached hydrogens (tertiary/aromatic N) is 3. The highest BCUT2D eigenvalue weighted by molar-refractivity contribution is 5.96. The second-order valence-electron chi connectivity index (χ2n) is 8.12. The number of aromatic hydroxyl groups is 1. The van der Waals surface area contributed by atoms with Crippen molar-refractivity contribution in [1.82, 2.24) is 14.5 Å². The molecule has 4 aromatic carbocycles. The SMILES string of the molecule is Oc1ccccc1-c1nc(-c2nc(-c3ccccc3)cc3ccccc23)cn1-c1ccccc1. The van der Waals surface area contributed by atoms with Gasteiger partial charge in [-0.25, -0.2) is 9.97 Å². The summed E-state index contributed by atoms with van der Waals surface area (Å²) >= 11 is 0. The molecule has 0 fully saturated rings. The van der Waals surface area contributed by atoms with Crippen molar-refractivity contribution in [3.05, 3.63) is 121 Å². The van der Waals surface area contributed by atoms with Gasteiger partial charge in [0.15, 0.2) is 0 Å². The second-order valence-corrected chi connectivity index (χ2v) is 8.12. The van der Waals surface area contributed by atoms with Gasteiger partial charge in [0.2, 0.25) is 0 Å². The summed E-state index contributed by atoms with van der Waals surface area (Å²) < 4.78 is 2.01. The molecule has 0 amide bonds. The molecule has 2 heterocycles. The molecule has 0 saturated heterocycles. The third kappa shape index (κ3) is 3.51. The summed E-state index contributed by atoms with van der Waals surface area (Å²) in [4.78, 5) is 10.1. The van der Waals surface area contributed by atoms with Gasteiger partial charge in [-0.05, 0) is 35.7 Å². The summed E-state index contributed by atoms with van der Waals surface area (Å²) in [7, 11) is 0. The first-order valence-corrected chi connectivity index (χ1v) is 11.2. The van der Waals surface area contributed by atoms with Crippen molar-refractivity contribution in [3.63, 3.8) is 0 Å². The molecular weight excluding hydrogens is 418 g/mol.